The largest absolute Gasteiger partial charge is 0.436 e. The Bertz CT molecular complexity index is 980. The van der Waals surface area contributed by atoms with Gasteiger partial charge in [0, 0.05) is 30.2 Å². The molecule has 31 heavy (non-hydrogen) atoms. The minimum atomic E-state index is -0.209. The van der Waals surface area contributed by atoms with E-state index in [1.165, 1.54) is 6.42 Å². The van der Waals surface area contributed by atoms with Crippen molar-refractivity contribution in [3.63, 3.8) is 0 Å². The summed E-state index contributed by atoms with van der Waals surface area (Å²) < 4.78 is 5.90. The van der Waals surface area contributed by atoms with Crippen LogP contribution < -0.4 is 15.0 Å². The number of ether oxygens (including phenoxy) is 1. The van der Waals surface area contributed by atoms with Gasteiger partial charge in [-0.1, -0.05) is 38.3 Å². The average molecular weight is 442 g/mol. The van der Waals surface area contributed by atoms with Crippen molar-refractivity contribution in [2.24, 2.45) is 11.8 Å². The van der Waals surface area contributed by atoms with Gasteiger partial charge in [-0.3, -0.25) is 9.59 Å². The van der Waals surface area contributed by atoms with Gasteiger partial charge in [0.15, 0.2) is 5.75 Å². The van der Waals surface area contributed by atoms with E-state index >= 15 is 0 Å². The highest BCUT2D eigenvalue weighted by Crippen LogP contribution is 2.39. The number of anilines is 1. The summed E-state index contributed by atoms with van der Waals surface area (Å²) in [4.78, 5) is 31.7. The first-order valence-corrected chi connectivity index (χ1v) is 11.4. The number of carbonyl (C=O) groups excluding carboxylic acids is 2. The molecule has 6 nitrogen and oxygen atoms in total. The van der Waals surface area contributed by atoms with E-state index in [-0.39, 0.29) is 23.7 Å². The molecule has 164 valence electrons. The molecule has 4 rings (SSSR count). The second-order valence-corrected chi connectivity index (χ2v) is 9.01. The lowest BCUT2D eigenvalue weighted by atomic mass is 9.78. The molecule has 1 aliphatic heterocycles. The number of fused-ring (bicyclic) bond motifs is 2. The van der Waals surface area contributed by atoms with Crippen molar-refractivity contribution in [2.75, 3.05) is 11.4 Å². The number of pyridine rings is 1. The molecular weight excluding hydrogens is 414 g/mol. The third kappa shape index (κ3) is 4.69. The van der Waals surface area contributed by atoms with Crippen LogP contribution in [0.25, 0.3) is 0 Å². The highest BCUT2D eigenvalue weighted by Gasteiger charge is 2.30. The second-order valence-electron chi connectivity index (χ2n) is 8.57. The van der Waals surface area contributed by atoms with Gasteiger partial charge in [0.05, 0.1) is 5.69 Å². The van der Waals surface area contributed by atoms with Crippen LogP contribution >= 0.6 is 11.6 Å². The summed E-state index contributed by atoms with van der Waals surface area (Å²) in [7, 11) is 0. The van der Waals surface area contributed by atoms with E-state index in [1.54, 1.807) is 41.4 Å². The van der Waals surface area contributed by atoms with E-state index in [4.69, 9.17) is 16.3 Å². The van der Waals surface area contributed by atoms with E-state index in [2.05, 4.69) is 24.1 Å². The molecule has 2 heterocycles. The van der Waals surface area contributed by atoms with E-state index < -0.39 is 0 Å². The summed E-state index contributed by atoms with van der Waals surface area (Å²) >= 11 is 6.20. The van der Waals surface area contributed by atoms with Crippen molar-refractivity contribution >= 4 is 29.1 Å². The molecule has 1 fully saturated rings. The maximum absolute atomic E-state index is 13.2. The lowest BCUT2D eigenvalue weighted by molar-refractivity contribution is -0.122. The van der Waals surface area contributed by atoms with Gasteiger partial charge < -0.3 is 15.0 Å². The molecule has 1 saturated carbocycles. The van der Waals surface area contributed by atoms with Gasteiger partial charge in [-0.25, -0.2) is 4.98 Å². The number of halogens is 1. The molecule has 1 aromatic carbocycles. The van der Waals surface area contributed by atoms with Crippen LogP contribution in [0.15, 0.2) is 36.5 Å². The minimum absolute atomic E-state index is 0.0397. The molecule has 0 spiro atoms. The third-order valence-electron chi connectivity index (χ3n) is 6.50. The molecule has 0 radical (unpaired) electrons. The number of aromatic nitrogens is 1. The standard InChI is InChI=1S/C24H28ClN3O3/c1-15-6-3-8-19(16(15)2)27-22(29)9-5-13-28-20-14-17(25)10-11-21(20)31-23-18(24(28)30)7-4-12-26-23/h4,7,10-12,14-16,19H,3,5-6,8-9,13H2,1-2H3,(H,27,29)/t15-,16-,19+/m1/s1. The molecule has 0 bridgehead atoms. The Morgan fingerprint density at radius 1 is 1.29 bits per heavy atom. The van der Waals surface area contributed by atoms with E-state index in [0.717, 1.165) is 12.8 Å². The first-order chi connectivity index (χ1) is 14.9. The number of nitrogens with zero attached hydrogens (tertiary/aromatic N) is 2. The zero-order valence-electron chi connectivity index (χ0n) is 17.9. The van der Waals surface area contributed by atoms with Gasteiger partial charge in [0.1, 0.15) is 5.56 Å². The first-order valence-electron chi connectivity index (χ1n) is 11.0. The molecule has 0 saturated heterocycles. The highest BCUT2D eigenvalue weighted by atomic mass is 35.5. The van der Waals surface area contributed by atoms with Gasteiger partial charge in [-0.2, -0.15) is 0 Å². The van der Waals surface area contributed by atoms with Gasteiger partial charge >= 0.3 is 0 Å². The number of hydrogen-bond donors (Lipinski definition) is 1. The normalized spacial score (nSPS) is 22.7. The fourth-order valence-electron chi connectivity index (χ4n) is 4.47. The first kappa shape index (κ1) is 21.6. The molecule has 1 aromatic heterocycles. The van der Waals surface area contributed by atoms with Crippen molar-refractivity contribution in [3.8, 4) is 11.6 Å². The Labute approximate surface area is 187 Å². The highest BCUT2D eigenvalue weighted by molar-refractivity contribution is 6.31. The predicted molar refractivity (Wildman–Crippen MR) is 121 cm³/mol. The monoisotopic (exact) mass is 441 g/mol. The van der Waals surface area contributed by atoms with Crippen LogP contribution in [0.4, 0.5) is 5.69 Å². The number of amides is 2. The lowest BCUT2D eigenvalue weighted by Gasteiger charge is -2.34. The SMILES string of the molecule is C[C@@H]1[C@H](C)CCC[C@@H]1NC(=O)CCCN1C(=O)c2cccnc2Oc2ccc(Cl)cc21. The summed E-state index contributed by atoms with van der Waals surface area (Å²) in [6.45, 7) is 4.86. The zero-order chi connectivity index (χ0) is 22.0. The lowest BCUT2D eigenvalue weighted by Crippen LogP contribution is -2.43. The van der Waals surface area contributed by atoms with Gasteiger partial charge in [0.25, 0.3) is 5.91 Å². The fraction of sp³-hybridized carbons (Fsp3) is 0.458. The molecule has 2 aromatic rings. The van der Waals surface area contributed by atoms with Crippen molar-refractivity contribution in [1.29, 1.82) is 0 Å². The van der Waals surface area contributed by atoms with Crippen molar-refractivity contribution < 1.29 is 14.3 Å². The van der Waals surface area contributed by atoms with Crippen LogP contribution in [0.1, 0.15) is 56.3 Å². The number of benzene rings is 1. The molecule has 2 aliphatic rings. The van der Waals surface area contributed by atoms with Crippen LogP contribution in [-0.2, 0) is 4.79 Å². The number of nitrogens with one attached hydrogen (secondary N) is 1. The van der Waals surface area contributed by atoms with Crippen molar-refractivity contribution in [1.82, 2.24) is 10.3 Å². The third-order valence-corrected chi connectivity index (χ3v) is 6.74. The fourth-order valence-corrected chi connectivity index (χ4v) is 4.63. The quantitative estimate of drug-likeness (QED) is 0.691. The van der Waals surface area contributed by atoms with Gasteiger partial charge in [-0.05, 0) is 55.0 Å². The Kier molecular flexibility index (Phi) is 6.46. The maximum Gasteiger partial charge on any atom is 0.263 e. The van der Waals surface area contributed by atoms with E-state index in [9.17, 15) is 9.59 Å². The summed E-state index contributed by atoms with van der Waals surface area (Å²) in [6, 6.07) is 8.81. The van der Waals surface area contributed by atoms with E-state index in [1.807, 2.05) is 0 Å². The topological polar surface area (TPSA) is 71.5 Å². The van der Waals surface area contributed by atoms with Gasteiger partial charge in [0.2, 0.25) is 11.8 Å². The van der Waals surface area contributed by atoms with Crippen LogP contribution in [0.2, 0.25) is 5.02 Å². The summed E-state index contributed by atoms with van der Waals surface area (Å²) in [6.07, 6.45) is 5.91. The van der Waals surface area contributed by atoms with Crippen LogP contribution in [0, 0.1) is 11.8 Å². The number of rotatable bonds is 5. The summed E-state index contributed by atoms with van der Waals surface area (Å²) in [5, 5.41) is 3.72. The van der Waals surface area contributed by atoms with E-state index in [0.29, 0.717) is 53.2 Å². The average Bonchev–Trinajstić information content (AvgIpc) is 2.86. The minimum Gasteiger partial charge on any atom is -0.436 e. The van der Waals surface area contributed by atoms with Crippen LogP contribution in [0.5, 0.6) is 11.6 Å². The van der Waals surface area contributed by atoms with Crippen LogP contribution in [-0.4, -0.2) is 29.4 Å². The maximum atomic E-state index is 13.2. The number of carbonyl (C=O) groups is 2. The van der Waals surface area contributed by atoms with Crippen molar-refractivity contribution in [2.45, 2.75) is 52.0 Å². The predicted octanol–water partition coefficient (Wildman–Crippen LogP) is 5.21. The zero-order valence-corrected chi connectivity index (χ0v) is 18.7. The molecule has 0 unspecified atom stereocenters. The van der Waals surface area contributed by atoms with Gasteiger partial charge in [-0.15, -0.1) is 0 Å². The second kappa shape index (κ2) is 9.27. The summed E-state index contributed by atoms with van der Waals surface area (Å²) in [5.74, 6) is 1.74. The number of hydrogen-bond acceptors (Lipinski definition) is 4. The Morgan fingerprint density at radius 3 is 2.97 bits per heavy atom. The Balaban J connectivity index is 1.45. The molecule has 2 amide bonds. The Hall–Kier alpha value is -2.60. The molecule has 1 aliphatic carbocycles. The van der Waals surface area contributed by atoms with Crippen molar-refractivity contribution in [3.05, 3.63) is 47.1 Å². The molecular formula is C24H28ClN3O3. The smallest absolute Gasteiger partial charge is 0.263 e. The molecule has 7 heteroatoms. The Morgan fingerprint density at radius 2 is 2.13 bits per heavy atom. The molecule has 1 N–H and O–H groups in total. The van der Waals surface area contributed by atoms with Crippen LogP contribution in [0.3, 0.4) is 0 Å². The summed E-state index contributed by atoms with van der Waals surface area (Å²) in [5.41, 5.74) is 0.981. The molecule has 3 atom stereocenters.